The topological polar surface area (TPSA) is 38.0 Å². The lowest BCUT2D eigenvalue weighted by Crippen LogP contribution is -2.29. The molecule has 1 aromatic heterocycles. The van der Waals surface area contributed by atoms with Crippen molar-refractivity contribution in [2.45, 2.75) is 12.5 Å². The summed E-state index contributed by atoms with van der Waals surface area (Å²) < 4.78 is 2.10. The quantitative estimate of drug-likeness (QED) is 0.494. The summed E-state index contributed by atoms with van der Waals surface area (Å²) in [7, 11) is 0. The van der Waals surface area contributed by atoms with E-state index in [1.54, 1.807) is 17.4 Å². The number of nitrogens with one attached hydrogen (secondary N) is 1. The summed E-state index contributed by atoms with van der Waals surface area (Å²) in [5.41, 5.74) is 4.93. The lowest BCUT2D eigenvalue weighted by Gasteiger charge is -2.16. The first kappa shape index (κ1) is 15.8. The highest BCUT2D eigenvalue weighted by Crippen LogP contribution is 2.37. The van der Waals surface area contributed by atoms with Crippen LogP contribution in [-0.4, -0.2) is 0 Å². The van der Waals surface area contributed by atoms with Gasteiger partial charge in [0, 0.05) is 10.0 Å². The van der Waals surface area contributed by atoms with Crippen molar-refractivity contribution in [3.05, 3.63) is 53.0 Å². The van der Waals surface area contributed by atoms with Crippen molar-refractivity contribution in [1.29, 1.82) is 0 Å². The molecule has 0 fully saturated rings. The summed E-state index contributed by atoms with van der Waals surface area (Å²) in [6, 6.07) is 7.52. The maximum absolute atomic E-state index is 6.19. The molecule has 2 rings (SSSR count). The van der Waals surface area contributed by atoms with E-state index in [1.165, 1.54) is 0 Å². The minimum absolute atomic E-state index is 0.0180. The van der Waals surface area contributed by atoms with E-state index in [2.05, 4.69) is 37.3 Å². The Morgan fingerprint density at radius 1 is 1.26 bits per heavy atom. The highest BCUT2D eigenvalue weighted by Gasteiger charge is 2.17. The number of halogens is 4. The lowest BCUT2D eigenvalue weighted by molar-refractivity contribution is 0.552. The van der Waals surface area contributed by atoms with Gasteiger partial charge in [0.2, 0.25) is 0 Å². The van der Waals surface area contributed by atoms with Crippen molar-refractivity contribution in [3.63, 3.8) is 0 Å². The van der Waals surface area contributed by atoms with Crippen LogP contribution < -0.4 is 11.3 Å². The van der Waals surface area contributed by atoms with Gasteiger partial charge in [-0.3, -0.25) is 11.3 Å². The fraction of sp³-hybridized carbons (Fsp3) is 0.167. The van der Waals surface area contributed by atoms with Crippen molar-refractivity contribution in [2.24, 2.45) is 5.84 Å². The largest absolute Gasteiger partial charge is 0.271 e. The van der Waals surface area contributed by atoms with Gasteiger partial charge in [-0.25, -0.2) is 0 Å². The molecule has 0 aliphatic rings. The zero-order valence-electron chi connectivity index (χ0n) is 9.59. The van der Waals surface area contributed by atoms with Gasteiger partial charge in [-0.2, -0.15) is 0 Å². The van der Waals surface area contributed by atoms with Crippen molar-refractivity contribution in [3.8, 4) is 0 Å². The minimum atomic E-state index is -0.0180. The van der Waals surface area contributed by atoms with Gasteiger partial charge in [-0.15, -0.1) is 11.3 Å². The molecule has 2 aromatic rings. The van der Waals surface area contributed by atoms with Crippen LogP contribution in [0.3, 0.4) is 0 Å². The van der Waals surface area contributed by atoms with Crippen LogP contribution in [0, 0.1) is 0 Å². The normalized spacial score (nSPS) is 12.7. The van der Waals surface area contributed by atoms with E-state index < -0.39 is 0 Å². The second-order valence-electron chi connectivity index (χ2n) is 3.94. The number of hydrogen-bond acceptors (Lipinski definition) is 3. The molecular weight excluding hydrogens is 435 g/mol. The predicted octanol–water partition coefficient (Wildman–Crippen LogP) is 5.33. The number of hydrazine groups is 1. The summed E-state index contributed by atoms with van der Waals surface area (Å²) >= 11 is 20.7. The third-order valence-electron chi connectivity index (χ3n) is 2.70. The molecule has 2 nitrogen and oxygen atoms in total. The first-order chi connectivity index (χ1) is 9.01. The van der Waals surface area contributed by atoms with Crippen LogP contribution in [0.15, 0.2) is 31.8 Å². The molecule has 0 spiro atoms. The van der Waals surface area contributed by atoms with Crippen LogP contribution >= 0.6 is 66.4 Å². The molecule has 1 unspecified atom stereocenters. The number of benzene rings is 1. The monoisotopic (exact) mass is 442 g/mol. The van der Waals surface area contributed by atoms with Crippen LogP contribution in [0.2, 0.25) is 10.0 Å². The SMILES string of the molecule is NNC(Cc1ccc(Cl)cc1Cl)c1cc(Br)sc1Br. The summed E-state index contributed by atoms with van der Waals surface area (Å²) in [5, 5.41) is 1.28. The zero-order chi connectivity index (χ0) is 14.0. The van der Waals surface area contributed by atoms with E-state index in [9.17, 15) is 0 Å². The van der Waals surface area contributed by atoms with Crippen LogP contribution in [0.4, 0.5) is 0 Å². The number of nitrogens with two attached hydrogens (primary N) is 1. The highest BCUT2D eigenvalue weighted by molar-refractivity contribution is 9.12. The van der Waals surface area contributed by atoms with Crippen LogP contribution in [0.5, 0.6) is 0 Å². The van der Waals surface area contributed by atoms with Gasteiger partial charge in [0.05, 0.1) is 13.6 Å². The van der Waals surface area contributed by atoms with E-state index in [4.69, 9.17) is 29.0 Å². The molecule has 0 saturated carbocycles. The first-order valence-electron chi connectivity index (χ1n) is 5.36. The molecule has 1 atom stereocenters. The first-order valence-corrected chi connectivity index (χ1v) is 8.52. The second-order valence-corrected chi connectivity index (χ2v) is 8.53. The maximum Gasteiger partial charge on any atom is 0.0758 e. The Bertz CT molecular complexity index is 589. The molecule has 0 bridgehead atoms. The third kappa shape index (κ3) is 3.94. The fourth-order valence-corrected chi connectivity index (χ4v) is 5.22. The number of thiophene rings is 1. The lowest BCUT2D eigenvalue weighted by atomic mass is 10.0. The molecule has 0 aliphatic carbocycles. The maximum atomic E-state index is 6.19. The fourth-order valence-electron chi connectivity index (χ4n) is 1.76. The smallest absolute Gasteiger partial charge is 0.0758 e. The molecule has 0 aliphatic heterocycles. The van der Waals surface area contributed by atoms with E-state index in [-0.39, 0.29) is 6.04 Å². The van der Waals surface area contributed by atoms with Gasteiger partial charge in [-0.05, 0) is 67.6 Å². The van der Waals surface area contributed by atoms with Crippen molar-refractivity contribution >= 4 is 66.4 Å². The summed E-state index contributed by atoms with van der Waals surface area (Å²) in [4.78, 5) is 0. The van der Waals surface area contributed by atoms with Crippen molar-refractivity contribution < 1.29 is 0 Å². The molecule has 102 valence electrons. The molecule has 1 aromatic carbocycles. The van der Waals surface area contributed by atoms with E-state index >= 15 is 0 Å². The molecule has 1 heterocycles. The molecule has 19 heavy (non-hydrogen) atoms. The van der Waals surface area contributed by atoms with Crippen LogP contribution in [0.1, 0.15) is 17.2 Å². The Balaban J connectivity index is 2.26. The standard InChI is InChI=1S/C12H10Br2Cl2N2S/c13-11-5-8(12(14)19-11)10(18-17)3-6-1-2-7(15)4-9(6)16/h1-2,4-5,10,18H,3,17H2. The predicted molar refractivity (Wildman–Crippen MR) is 89.9 cm³/mol. The van der Waals surface area contributed by atoms with Crippen LogP contribution in [-0.2, 0) is 6.42 Å². The zero-order valence-corrected chi connectivity index (χ0v) is 15.1. The Hall–Kier alpha value is 0.380. The summed E-state index contributed by atoms with van der Waals surface area (Å²) in [5.74, 6) is 5.66. The minimum Gasteiger partial charge on any atom is -0.271 e. The van der Waals surface area contributed by atoms with Crippen molar-refractivity contribution in [2.75, 3.05) is 0 Å². The van der Waals surface area contributed by atoms with Gasteiger partial charge in [0.1, 0.15) is 0 Å². The average molecular weight is 445 g/mol. The molecule has 0 saturated heterocycles. The second kappa shape index (κ2) is 6.89. The molecule has 3 N–H and O–H groups in total. The summed E-state index contributed by atoms with van der Waals surface area (Å²) in [6.45, 7) is 0. The molecule has 0 radical (unpaired) electrons. The Morgan fingerprint density at radius 2 is 2.00 bits per heavy atom. The Labute approximate surface area is 142 Å². The van der Waals surface area contributed by atoms with Crippen molar-refractivity contribution in [1.82, 2.24) is 5.43 Å². The van der Waals surface area contributed by atoms with E-state index in [1.807, 2.05) is 18.2 Å². The van der Waals surface area contributed by atoms with E-state index in [0.29, 0.717) is 16.5 Å². The van der Waals surface area contributed by atoms with Gasteiger partial charge >= 0.3 is 0 Å². The van der Waals surface area contributed by atoms with Gasteiger partial charge in [0.15, 0.2) is 0 Å². The molecule has 7 heteroatoms. The van der Waals surface area contributed by atoms with Gasteiger partial charge < -0.3 is 0 Å². The summed E-state index contributed by atoms with van der Waals surface area (Å²) in [6.07, 6.45) is 0.689. The Kier molecular flexibility index (Phi) is 5.72. The Morgan fingerprint density at radius 3 is 2.53 bits per heavy atom. The van der Waals surface area contributed by atoms with E-state index in [0.717, 1.165) is 18.7 Å². The third-order valence-corrected chi connectivity index (χ3v) is 5.67. The molecule has 0 amide bonds. The average Bonchev–Trinajstić information content (AvgIpc) is 2.68. The van der Waals surface area contributed by atoms with Crippen LogP contribution in [0.25, 0.3) is 0 Å². The number of rotatable bonds is 4. The highest BCUT2D eigenvalue weighted by atomic mass is 79.9. The van der Waals surface area contributed by atoms with Gasteiger partial charge in [-0.1, -0.05) is 29.3 Å². The molecular formula is C12H10Br2Cl2N2S. The number of hydrogen-bond donors (Lipinski definition) is 2. The van der Waals surface area contributed by atoms with Gasteiger partial charge in [0.25, 0.3) is 0 Å².